The van der Waals surface area contributed by atoms with Crippen molar-refractivity contribution in [3.63, 3.8) is 0 Å². The molecule has 26 heavy (non-hydrogen) atoms. The minimum Gasteiger partial charge on any atom is -0.398 e. The Morgan fingerprint density at radius 3 is 2.38 bits per heavy atom. The van der Waals surface area contributed by atoms with Gasteiger partial charge in [0.2, 0.25) is 0 Å². The van der Waals surface area contributed by atoms with Crippen molar-refractivity contribution >= 4 is 28.9 Å². The molecule has 0 saturated carbocycles. The van der Waals surface area contributed by atoms with E-state index in [4.69, 9.17) is 11.0 Å². The summed E-state index contributed by atoms with van der Waals surface area (Å²) in [5.74, 6) is -1.35. The number of hydrogen-bond acceptors (Lipinski definition) is 6. The third kappa shape index (κ3) is 4.42. The molecule has 0 aromatic heterocycles. The lowest BCUT2D eigenvalue weighted by Crippen LogP contribution is -2.22. The number of carbonyl (C=O) groups excluding carboxylic acids is 2. The molecular weight excluding hydrogens is 338 g/mol. The van der Waals surface area contributed by atoms with Gasteiger partial charge in [-0.05, 0) is 24.3 Å². The molecule has 0 bridgehead atoms. The number of benzene rings is 2. The van der Waals surface area contributed by atoms with Gasteiger partial charge in [-0.2, -0.15) is 5.26 Å². The third-order valence-corrected chi connectivity index (χ3v) is 3.25. The zero-order valence-corrected chi connectivity index (χ0v) is 13.3. The second-order valence-corrected chi connectivity index (χ2v) is 4.99. The Balaban J connectivity index is 2.07. The molecule has 0 spiro atoms. The highest BCUT2D eigenvalue weighted by Crippen LogP contribution is 2.16. The fourth-order valence-corrected chi connectivity index (χ4v) is 1.93. The molecule has 0 heterocycles. The second kappa shape index (κ2) is 8.07. The topological polar surface area (TPSA) is 151 Å². The molecule has 2 aromatic rings. The normalized spacial score (nSPS) is 10.5. The molecule has 9 heteroatoms. The summed E-state index contributed by atoms with van der Waals surface area (Å²) in [5.41, 5.74) is 5.92. The number of nitrogen functional groups attached to an aromatic ring is 1. The van der Waals surface area contributed by atoms with Crippen LogP contribution in [-0.2, 0) is 4.79 Å². The Morgan fingerprint density at radius 1 is 1.15 bits per heavy atom. The maximum absolute atomic E-state index is 12.1. The van der Waals surface area contributed by atoms with Crippen LogP contribution in [0.25, 0.3) is 0 Å². The number of non-ortho nitro benzene ring substituents is 1. The summed E-state index contributed by atoms with van der Waals surface area (Å²) in [7, 11) is 0. The van der Waals surface area contributed by atoms with Crippen LogP contribution in [0.1, 0.15) is 10.4 Å². The van der Waals surface area contributed by atoms with E-state index in [1.54, 1.807) is 24.3 Å². The lowest BCUT2D eigenvalue weighted by Gasteiger charge is -2.06. The molecule has 2 aromatic carbocycles. The van der Waals surface area contributed by atoms with Gasteiger partial charge in [-0.1, -0.05) is 12.1 Å². The third-order valence-electron chi connectivity index (χ3n) is 3.25. The van der Waals surface area contributed by atoms with Gasteiger partial charge in [0.05, 0.1) is 10.5 Å². The SMILES string of the molecule is N#C/C(=C/NC(=O)c1ccccc1N)C(=O)Nc1ccc([N+](=O)[O-])cc1. The summed E-state index contributed by atoms with van der Waals surface area (Å²) < 4.78 is 0. The molecule has 0 fully saturated rings. The standard InChI is InChI=1S/C17H13N5O4/c18-9-11(10-20-17(24)14-3-1-2-4-15(14)19)16(23)21-12-5-7-13(8-6-12)22(25)26/h1-8,10H,19H2,(H,20,24)(H,21,23)/b11-10-. The van der Waals surface area contributed by atoms with Crippen molar-refractivity contribution in [3.05, 3.63) is 76.0 Å². The number of nitriles is 1. The number of nitro groups is 1. The van der Waals surface area contributed by atoms with Crippen molar-refractivity contribution in [3.8, 4) is 6.07 Å². The average molecular weight is 351 g/mol. The Kier molecular flexibility index (Phi) is 5.63. The van der Waals surface area contributed by atoms with Crippen LogP contribution in [0.2, 0.25) is 0 Å². The number of carbonyl (C=O) groups is 2. The van der Waals surface area contributed by atoms with Gasteiger partial charge < -0.3 is 16.4 Å². The molecule has 2 amide bonds. The lowest BCUT2D eigenvalue weighted by molar-refractivity contribution is -0.384. The Bertz CT molecular complexity index is 929. The molecule has 0 aliphatic heterocycles. The zero-order valence-electron chi connectivity index (χ0n) is 13.3. The van der Waals surface area contributed by atoms with Gasteiger partial charge in [0.15, 0.2) is 0 Å². The number of nitrogens with two attached hydrogens (primary N) is 1. The monoisotopic (exact) mass is 351 g/mol. The van der Waals surface area contributed by atoms with Crippen LogP contribution < -0.4 is 16.4 Å². The first-order chi connectivity index (χ1) is 12.4. The number of nitrogens with zero attached hydrogens (tertiary/aromatic N) is 2. The van der Waals surface area contributed by atoms with Gasteiger partial charge in [-0.15, -0.1) is 0 Å². The van der Waals surface area contributed by atoms with Crippen LogP contribution in [-0.4, -0.2) is 16.7 Å². The molecular formula is C17H13N5O4. The first-order valence-corrected chi connectivity index (χ1v) is 7.24. The molecule has 9 nitrogen and oxygen atoms in total. The van der Waals surface area contributed by atoms with Crippen LogP contribution in [0.15, 0.2) is 60.3 Å². The van der Waals surface area contributed by atoms with Crippen molar-refractivity contribution in [2.24, 2.45) is 0 Å². The predicted octanol–water partition coefficient (Wildman–Crippen LogP) is 1.95. The summed E-state index contributed by atoms with van der Waals surface area (Å²) in [6.45, 7) is 0. The van der Waals surface area contributed by atoms with E-state index < -0.39 is 16.7 Å². The van der Waals surface area contributed by atoms with Gasteiger partial charge in [0, 0.05) is 29.7 Å². The molecule has 2 rings (SSSR count). The molecule has 0 aliphatic carbocycles. The van der Waals surface area contributed by atoms with E-state index in [-0.39, 0.29) is 28.2 Å². The molecule has 0 aliphatic rings. The number of para-hydroxylation sites is 1. The van der Waals surface area contributed by atoms with E-state index in [2.05, 4.69) is 10.6 Å². The van der Waals surface area contributed by atoms with Gasteiger partial charge in [-0.25, -0.2) is 0 Å². The average Bonchev–Trinajstić information content (AvgIpc) is 2.62. The zero-order chi connectivity index (χ0) is 19.1. The van der Waals surface area contributed by atoms with E-state index in [1.165, 1.54) is 30.3 Å². The minimum atomic E-state index is -0.775. The fourth-order valence-electron chi connectivity index (χ4n) is 1.93. The number of nitrogens with one attached hydrogen (secondary N) is 2. The van der Waals surface area contributed by atoms with E-state index in [9.17, 15) is 19.7 Å². The molecule has 0 saturated heterocycles. The second-order valence-electron chi connectivity index (χ2n) is 4.99. The Morgan fingerprint density at radius 2 is 1.81 bits per heavy atom. The Labute approximate surface area is 147 Å². The largest absolute Gasteiger partial charge is 0.398 e. The van der Waals surface area contributed by atoms with Crippen molar-refractivity contribution in [1.82, 2.24) is 5.32 Å². The van der Waals surface area contributed by atoms with Crippen LogP contribution in [0.5, 0.6) is 0 Å². The summed E-state index contributed by atoms with van der Waals surface area (Å²) in [5, 5.41) is 24.4. The molecule has 0 radical (unpaired) electrons. The maximum Gasteiger partial charge on any atom is 0.269 e. The predicted molar refractivity (Wildman–Crippen MR) is 93.7 cm³/mol. The summed E-state index contributed by atoms with van der Waals surface area (Å²) in [4.78, 5) is 34.1. The number of nitro benzene ring substituents is 1. The minimum absolute atomic E-state index is 0.133. The van der Waals surface area contributed by atoms with Crippen LogP contribution >= 0.6 is 0 Å². The number of rotatable bonds is 5. The Hall–Kier alpha value is -4.19. The summed E-state index contributed by atoms with van der Waals surface area (Å²) in [6, 6.07) is 13.1. The highest BCUT2D eigenvalue weighted by atomic mass is 16.6. The van der Waals surface area contributed by atoms with E-state index in [0.29, 0.717) is 0 Å². The number of amides is 2. The number of hydrogen-bond donors (Lipinski definition) is 3. The van der Waals surface area contributed by atoms with Crippen molar-refractivity contribution in [2.75, 3.05) is 11.1 Å². The first kappa shape index (κ1) is 18.2. The first-order valence-electron chi connectivity index (χ1n) is 7.24. The summed E-state index contributed by atoms with van der Waals surface area (Å²) in [6.07, 6.45) is 0.968. The molecule has 4 N–H and O–H groups in total. The van der Waals surface area contributed by atoms with Gasteiger partial charge >= 0.3 is 0 Å². The van der Waals surface area contributed by atoms with Crippen molar-refractivity contribution in [2.45, 2.75) is 0 Å². The molecule has 130 valence electrons. The van der Waals surface area contributed by atoms with Crippen LogP contribution in [0.4, 0.5) is 17.1 Å². The smallest absolute Gasteiger partial charge is 0.269 e. The number of anilines is 2. The van der Waals surface area contributed by atoms with E-state index >= 15 is 0 Å². The van der Waals surface area contributed by atoms with Crippen molar-refractivity contribution in [1.29, 1.82) is 5.26 Å². The highest BCUT2D eigenvalue weighted by molar-refractivity contribution is 6.07. The van der Waals surface area contributed by atoms with E-state index in [1.807, 2.05) is 0 Å². The molecule has 0 atom stereocenters. The quantitative estimate of drug-likeness (QED) is 0.246. The molecule has 0 unspecified atom stereocenters. The van der Waals surface area contributed by atoms with Gasteiger partial charge in [-0.3, -0.25) is 19.7 Å². The fraction of sp³-hybridized carbons (Fsp3) is 0. The van der Waals surface area contributed by atoms with Gasteiger partial charge in [0.1, 0.15) is 11.6 Å². The highest BCUT2D eigenvalue weighted by Gasteiger charge is 2.13. The van der Waals surface area contributed by atoms with Crippen LogP contribution in [0, 0.1) is 21.4 Å². The summed E-state index contributed by atoms with van der Waals surface area (Å²) >= 11 is 0. The maximum atomic E-state index is 12.1. The van der Waals surface area contributed by atoms with Crippen LogP contribution in [0.3, 0.4) is 0 Å². The van der Waals surface area contributed by atoms with Crippen molar-refractivity contribution < 1.29 is 14.5 Å². The van der Waals surface area contributed by atoms with E-state index in [0.717, 1.165) is 6.20 Å². The van der Waals surface area contributed by atoms with Gasteiger partial charge in [0.25, 0.3) is 17.5 Å². The lowest BCUT2D eigenvalue weighted by atomic mass is 10.1.